The van der Waals surface area contributed by atoms with Crippen molar-refractivity contribution in [2.75, 3.05) is 0 Å². The molecule has 0 radical (unpaired) electrons. The van der Waals surface area contributed by atoms with Crippen LogP contribution < -0.4 is 0 Å². The lowest BCUT2D eigenvalue weighted by Gasteiger charge is -1.85. The van der Waals surface area contributed by atoms with Crippen LogP contribution in [0.25, 0.3) is 10.9 Å². The third-order valence-electron chi connectivity index (χ3n) is 1.61. The number of aromatic nitrogens is 2. The lowest BCUT2D eigenvalue weighted by molar-refractivity contribution is 0.112. The van der Waals surface area contributed by atoms with E-state index in [1.807, 2.05) is 12.1 Å². The van der Waals surface area contributed by atoms with Gasteiger partial charge in [-0.2, -0.15) is 0 Å². The normalized spacial score (nSPS) is 10.2. The van der Waals surface area contributed by atoms with Crippen LogP contribution in [0.4, 0.5) is 0 Å². The fraction of sp³-hybridized carbons (Fsp3) is 0. The number of hydrogen-bond donors (Lipinski definition) is 1. The van der Waals surface area contributed by atoms with E-state index >= 15 is 0 Å². The maximum Gasteiger partial charge on any atom is 0.166 e. The molecule has 54 valence electrons. The molecule has 0 bridgehead atoms. The summed E-state index contributed by atoms with van der Waals surface area (Å²) in [6.45, 7) is 0. The molecule has 0 fully saturated rings. The van der Waals surface area contributed by atoms with Crippen LogP contribution in [-0.4, -0.2) is 16.3 Å². The first kappa shape index (κ1) is 6.09. The molecule has 0 amide bonds. The number of aromatic amines is 1. The molecule has 0 saturated carbocycles. The molecule has 0 aliphatic heterocycles. The molecule has 2 rings (SSSR count). The van der Waals surface area contributed by atoms with Crippen molar-refractivity contribution in [1.82, 2.24) is 9.97 Å². The number of rotatable bonds is 1. The zero-order chi connectivity index (χ0) is 7.68. The predicted molar refractivity (Wildman–Crippen MR) is 41.5 cm³/mol. The predicted octanol–water partition coefficient (Wildman–Crippen LogP) is 1.38. The van der Waals surface area contributed by atoms with Crippen molar-refractivity contribution in [3.05, 3.63) is 30.2 Å². The van der Waals surface area contributed by atoms with E-state index in [1.165, 1.54) is 0 Å². The fourth-order valence-electron chi connectivity index (χ4n) is 1.08. The van der Waals surface area contributed by atoms with Gasteiger partial charge in [0.05, 0.1) is 11.2 Å². The summed E-state index contributed by atoms with van der Waals surface area (Å²) in [4.78, 5) is 17.3. The van der Waals surface area contributed by atoms with E-state index in [1.54, 1.807) is 12.4 Å². The van der Waals surface area contributed by atoms with Gasteiger partial charge in [0, 0.05) is 17.8 Å². The summed E-state index contributed by atoms with van der Waals surface area (Å²) in [5.74, 6) is 0. The summed E-state index contributed by atoms with van der Waals surface area (Å²) in [5, 5.41) is 0.877. The smallest absolute Gasteiger partial charge is 0.166 e. The molecule has 0 aliphatic carbocycles. The molecule has 0 atom stereocenters. The first-order valence-corrected chi connectivity index (χ1v) is 3.29. The Morgan fingerprint density at radius 1 is 1.55 bits per heavy atom. The molecular weight excluding hydrogens is 140 g/mol. The number of pyridine rings is 1. The van der Waals surface area contributed by atoms with Crippen molar-refractivity contribution >= 4 is 17.2 Å². The van der Waals surface area contributed by atoms with E-state index in [4.69, 9.17) is 0 Å². The lowest BCUT2D eigenvalue weighted by Crippen LogP contribution is -1.77. The van der Waals surface area contributed by atoms with Crippen LogP contribution in [-0.2, 0) is 0 Å². The van der Waals surface area contributed by atoms with Gasteiger partial charge in [-0.3, -0.25) is 9.78 Å². The standard InChI is InChI=1S/C8H6N2O/c11-5-8-6-2-1-3-9-7(6)4-10-8/h1-5,10H. The largest absolute Gasteiger partial charge is 0.357 e. The van der Waals surface area contributed by atoms with Crippen LogP contribution in [0.5, 0.6) is 0 Å². The van der Waals surface area contributed by atoms with Crippen LogP contribution in [0.2, 0.25) is 0 Å². The van der Waals surface area contributed by atoms with Gasteiger partial charge in [-0.15, -0.1) is 0 Å². The molecule has 2 aromatic heterocycles. The zero-order valence-corrected chi connectivity index (χ0v) is 5.74. The summed E-state index contributed by atoms with van der Waals surface area (Å²) >= 11 is 0. The number of hydrogen-bond acceptors (Lipinski definition) is 2. The quantitative estimate of drug-likeness (QED) is 0.617. The number of nitrogens with zero attached hydrogens (tertiary/aromatic N) is 1. The second-order valence-electron chi connectivity index (χ2n) is 2.26. The highest BCUT2D eigenvalue weighted by molar-refractivity contribution is 5.94. The second-order valence-corrected chi connectivity index (χ2v) is 2.26. The molecule has 3 nitrogen and oxygen atoms in total. The van der Waals surface area contributed by atoms with Gasteiger partial charge in [0.2, 0.25) is 0 Å². The van der Waals surface area contributed by atoms with Crippen LogP contribution >= 0.6 is 0 Å². The van der Waals surface area contributed by atoms with Crippen molar-refractivity contribution in [3.8, 4) is 0 Å². The third-order valence-corrected chi connectivity index (χ3v) is 1.61. The Labute approximate surface area is 63.1 Å². The number of H-pyrrole nitrogens is 1. The van der Waals surface area contributed by atoms with E-state index in [-0.39, 0.29) is 0 Å². The van der Waals surface area contributed by atoms with E-state index < -0.39 is 0 Å². The monoisotopic (exact) mass is 146 g/mol. The first-order chi connectivity index (χ1) is 5.42. The van der Waals surface area contributed by atoms with Crippen molar-refractivity contribution < 1.29 is 4.79 Å². The summed E-state index contributed by atoms with van der Waals surface area (Å²) in [7, 11) is 0. The summed E-state index contributed by atoms with van der Waals surface area (Å²) < 4.78 is 0. The minimum Gasteiger partial charge on any atom is -0.357 e. The van der Waals surface area contributed by atoms with Gasteiger partial charge in [-0.05, 0) is 12.1 Å². The van der Waals surface area contributed by atoms with Gasteiger partial charge < -0.3 is 4.98 Å². The maximum absolute atomic E-state index is 10.4. The molecule has 0 aliphatic rings. The SMILES string of the molecule is O=Cc1[nH]cc2ncccc12. The number of nitrogens with one attached hydrogen (secondary N) is 1. The topological polar surface area (TPSA) is 45.8 Å². The Hall–Kier alpha value is -1.64. The summed E-state index contributed by atoms with van der Waals surface area (Å²) in [6, 6.07) is 3.67. The van der Waals surface area contributed by atoms with Gasteiger partial charge >= 0.3 is 0 Å². The van der Waals surface area contributed by atoms with Crippen LogP contribution in [0.15, 0.2) is 24.5 Å². The van der Waals surface area contributed by atoms with E-state index in [9.17, 15) is 4.79 Å². The third kappa shape index (κ3) is 0.816. The Kier molecular flexibility index (Phi) is 1.22. The van der Waals surface area contributed by atoms with E-state index in [2.05, 4.69) is 9.97 Å². The van der Waals surface area contributed by atoms with Crippen LogP contribution in [0.1, 0.15) is 10.5 Å². The molecule has 0 aromatic carbocycles. The Morgan fingerprint density at radius 3 is 3.27 bits per heavy atom. The average Bonchev–Trinajstić information content (AvgIpc) is 2.47. The van der Waals surface area contributed by atoms with Gasteiger partial charge in [-0.1, -0.05) is 0 Å². The summed E-state index contributed by atoms with van der Waals surface area (Å²) in [5.41, 5.74) is 1.42. The van der Waals surface area contributed by atoms with Crippen molar-refractivity contribution in [3.63, 3.8) is 0 Å². The highest BCUT2D eigenvalue weighted by atomic mass is 16.1. The molecule has 0 spiro atoms. The first-order valence-electron chi connectivity index (χ1n) is 3.29. The van der Waals surface area contributed by atoms with Crippen LogP contribution in [0, 0.1) is 0 Å². The van der Waals surface area contributed by atoms with Crippen molar-refractivity contribution in [2.45, 2.75) is 0 Å². The highest BCUT2D eigenvalue weighted by Gasteiger charge is 2.00. The van der Waals surface area contributed by atoms with Gasteiger partial charge in [0.1, 0.15) is 0 Å². The summed E-state index contributed by atoms with van der Waals surface area (Å²) in [6.07, 6.45) is 4.22. The van der Waals surface area contributed by atoms with E-state index in [0.29, 0.717) is 5.69 Å². The van der Waals surface area contributed by atoms with Crippen LogP contribution in [0.3, 0.4) is 0 Å². The molecule has 2 heterocycles. The van der Waals surface area contributed by atoms with Gasteiger partial charge in [-0.25, -0.2) is 0 Å². The number of aldehydes is 1. The number of carbonyl (C=O) groups excluding carboxylic acids is 1. The minimum atomic E-state index is 0.591. The highest BCUT2D eigenvalue weighted by Crippen LogP contribution is 2.12. The number of carbonyl (C=O) groups is 1. The molecular formula is C8H6N2O. The Morgan fingerprint density at radius 2 is 2.45 bits per heavy atom. The minimum absolute atomic E-state index is 0.591. The van der Waals surface area contributed by atoms with Crippen molar-refractivity contribution in [2.24, 2.45) is 0 Å². The average molecular weight is 146 g/mol. The molecule has 0 saturated heterocycles. The van der Waals surface area contributed by atoms with Gasteiger partial charge in [0.25, 0.3) is 0 Å². The molecule has 1 N–H and O–H groups in total. The maximum atomic E-state index is 10.4. The number of fused-ring (bicyclic) bond motifs is 1. The van der Waals surface area contributed by atoms with E-state index in [0.717, 1.165) is 17.2 Å². The molecule has 0 unspecified atom stereocenters. The Balaban J connectivity index is 2.86. The zero-order valence-electron chi connectivity index (χ0n) is 5.74. The Bertz CT molecular complexity index is 392. The second kappa shape index (κ2) is 2.20. The molecule has 11 heavy (non-hydrogen) atoms. The lowest BCUT2D eigenvalue weighted by atomic mass is 10.3. The molecule has 3 heteroatoms. The van der Waals surface area contributed by atoms with Crippen molar-refractivity contribution in [1.29, 1.82) is 0 Å². The van der Waals surface area contributed by atoms with Gasteiger partial charge in [0.15, 0.2) is 6.29 Å². The molecule has 2 aromatic rings. The fourth-order valence-corrected chi connectivity index (χ4v) is 1.08.